The molecule has 3 rings (SSSR count). The van der Waals surface area contributed by atoms with Gasteiger partial charge in [0.15, 0.2) is 5.13 Å². The summed E-state index contributed by atoms with van der Waals surface area (Å²) >= 11 is 1.46. The van der Waals surface area contributed by atoms with Gasteiger partial charge >= 0.3 is 6.03 Å². The van der Waals surface area contributed by atoms with Crippen LogP contribution in [0.4, 0.5) is 9.93 Å². The van der Waals surface area contributed by atoms with Crippen molar-refractivity contribution in [2.24, 2.45) is 5.92 Å². The van der Waals surface area contributed by atoms with Gasteiger partial charge in [-0.2, -0.15) is 0 Å². The van der Waals surface area contributed by atoms with E-state index in [2.05, 4.69) is 20.6 Å². The van der Waals surface area contributed by atoms with Crippen LogP contribution in [0.3, 0.4) is 0 Å². The molecule has 1 atom stereocenters. The molecule has 2 aromatic rings. The van der Waals surface area contributed by atoms with Gasteiger partial charge < -0.3 is 10.1 Å². The van der Waals surface area contributed by atoms with Gasteiger partial charge in [-0.05, 0) is 50.3 Å². The maximum Gasteiger partial charge on any atom is 0.321 e. The third kappa shape index (κ3) is 4.75. The second-order valence-electron chi connectivity index (χ2n) is 6.09. The van der Waals surface area contributed by atoms with Crippen LogP contribution in [-0.4, -0.2) is 35.3 Å². The van der Waals surface area contributed by atoms with E-state index in [1.807, 2.05) is 26.0 Å². The summed E-state index contributed by atoms with van der Waals surface area (Å²) in [6, 6.07) is 3.61. The smallest absolute Gasteiger partial charge is 0.321 e. The molecular weight excluding hydrogens is 324 g/mol. The molecule has 24 heavy (non-hydrogen) atoms. The number of anilines is 1. The number of ether oxygens (including phenoxy) is 1. The zero-order valence-corrected chi connectivity index (χ0v) is 14.7. The number of nitrogens with zero attached hydrogens (tertiary/aromatic N) is 2. The Labute approximate surface area is 145 Å². The van der Waals surface area contributed by atoms with E-state index in [4.69, 9.17) is 4.74 Å². The number of amides is 2. The van der Waals surface area contributed by atoms with Crippen LogP contribution in [0.25, 0.3) is 10.4 Å². The van der Waals surface area contributed by atoms with Crippen LogP contribution in [0.1, 0.15) is 25.5 Å². The summed E-state index contributed by atoms with van der Waals surface area (Å²) in [6.07, 6.45) is 6.05. The van der Waals surface area contributed by atoms with E-state index in [0.29, 0.717) is 11.7 Å². The summed E-state index contributed by atoms with van der Waals surface area (Å²) in [4.78, 5) is 21.5. The van der Waals surface area contributed by atoms with Gasteiger partial charge in [0.2, 0.25) is 0 Å². The van der Waals surface area contributed by atoms with E-state index in [-0.39, 0.29) is 12.1 Å². The molecule has 1 aliphatic carbocycles. The number of aromatic nitrogens is 2. The number of carbonyl (C=O) groups is 1. The van der Waals surface area contributed by atoms with Crippen LogP contribution < -0.4 is 10.6 Å². The van der Waals surface area contributed by atoms with Gasteiger partial charge in [0.1, 0.15) is 0 Å². The molecule has 1 fully saturated rings. The first kappa shape index (κ1) is 16.9. The van der Waals surface area contributed by atoms with Gasteiger partial charge in [-0.3, -0.25) is 10.3 Å². The Morgan fingerprint density at radius 3 is 2.88 bits per heavy atom. The molecule has 0 unspecified atom stereocenters. The number of pyridine rings is 1. The van der Waals surface area contributed by atoms with Gasteiger partial charge in [0.05, 0.1) is 16.7 Å². The first-order chi connectivity index (χ1) is 11.6. The Hall–Kier alpha value is -1.99. The summed E-state index contributed by atoms with van der Waals surface area (Å²) in [6.45, 7) is 5.19. The maximum absolute atomic E-state index is 12.0. The molecule has 0 saturated heterocycles. The summed E-state index contributed by atoms with van der Waals surface area (Å²) in [7, 11) is 0. The van der Waals surface area contributed by atoms with Crippen molar-refractivity contribution in [1.29, 1.82) is 0 Å². The lowest BCUT2D eigenvalue weighted by Crippen LogP contribution is -2.35. The number of hydrogen-bond donors (Lipinski definition) is 2. The van der Waals surface area contributed by atoms with Gasteiger partial charge in [0, 0.05) is 25.5 Å². The molecule has 6 nitrogen and oxygen atoms in total. The SMILES string of the molecule is Cc1nc(NC(=O)NC[C@@H](C)OCC2CC2)sc1-c1ccncc1. The standard InChI is InChI=1S/C17H22N4O2S/c1-11(23-10-13-3-4-13)9-19-16(22)21-17-20-12(2)15(24-17)14-5-7-18-8-6-14/h5-8,11,13H,3-4,9-10H2,1-2H3,(H2,19,20,21,22)/t11-/m1/s1. The Morgan fingerprint density at radius 1 is 1.42 bits per heavy atom. The van der Waals surface area contributed by atoms with Gasteiger partial charge in [-0.15, -0.1) is 0 Å². The molecular formula is C17H22N4O2S. The molecule has 2 amide bonds. The normalized spacial score (nSPS) is 15.1. The highest BCUT2D eigenvalue weighted by Crippen LogP contribution is 2.32. The fraction of sp³-hybridized carbons (Fsp3) is 0.471. The van der Waals surface area contributed by atoms with Gasteiger partial charge in [0.25, 0.3) is 0 Å². The van der Waals surface area contributed by atoms with Crippen LogP contribution in [0, 0.1) is 12.8 Å². The van der Waals surface area contributed by atoms with Crippen molar-refractivity contribution >= 4 is 22.5 Å². The molecule has 2 aromatic heterocycles. The molecule has 1 aliphatic rings. The molecule has 0 radical (unpaired) electrons. The Balaban J connectivity index is 1.49. The minimum Gasteiger partial charge on any atom is -0.376 e. The first-order valence-electron chi connectivity index (χ1n) is 8.16. The molecule has 128 valence electrons. The minimum atomic E-state index is -0.257. The van der Waals surface area contributed by atoms with Crippen LogP contribution in [0.5, 0.6) is 0 Å². The topological polar surface area (TPSA) is 76.1 Å². The molecule has 0 bridgehead atoms. The fourth-order valence-corrected chi connectivity index (χ4v) is 3.21. The number of nitrogens with one attached hydrogen (secondary N) is 2. The van der Waals surface area contributed by atoms with Crippen molar-refractivity contribution < 1.29 is 9.53 Å². The second kappa shape index (κ2) is 7.72. The van der Waals surface area contributed by atoms with Crippen LogP contribution in [0.2, 0.25) is 0 Å². The van der Waals surface area contributed by atoms with Crippen molar-refractivity contribution in [2.45, 2.75) is 32.8 Å². The van der Waals surface area contributed by atoms with Crippen molar-refractivity contribution in [3.8, 4) is 10.4 Å². The van der Waals surface area contributed by atoms with Gasteiger partial charge in [-0.25, -0.2) is 9.78 Å². The monoisotopic (exact) mass is 346 g/mol. The van der Waals surface area contributed by atoms with E-state index in [0.717, 1.165) is 28.7 Å². The fourth-order valence-electron chi connectivity index (χ4n) is 2.24. The zero-order valence-electron chi connectivity index (χ0n) is 13.9. The lowest BCUT2D eigenvalue weighted by atomic mass is 10.2. The number of rotatable bonds is 7. The Kier molecular flexibility index (Phi) is 5.42. The molecule has 1 saturated carbocycles. The Morgan fingerprint density at radius 2 is 2.17 bits per heavy atom. The number of urea groups is 1. The number of carbonyl (C=O) groups excluding carboxylic acids is 1. The molecule has 2 heterocycles. The van der Waals surface area contributed by atoms with Crippen LogP contribution in [-0.2, 0) is 4.74 Å². The van der Waals surface area contributed by atoms with Gasteiger partial charge in [-0.1, -0.05) is 11.3 Å². The van der Waals surface area contributed by atoms with Crippen molar-refractivity contribution in [3.63, 3.8) is 0 Å². The maximum atomic E-state index is 12.0. The largest absolute Gasteiger partial charge is 0.376 e. The second-order valence-corrected chi connectivity index (χ2v) is 7.09. The molecule has 0 aliphatic heterocycles. The zero-order chi connectivity index (χ0) is 16.9. The van der Waals surface area contributed by atoms with Crippen molar-refractivity contribution in [1.82, 2.24) is 15.3 Å². The molecule has 2 N–H and O–H groups in total. The predicted octanol–water partition coefficient (Wildman–Crippen LogP) is 3.45. The first-order valence-corrected chi connectivity index (χ1v) is 8.97. The predicted molar refractivity (Wildman–Crippen MR) is 95.2 cm³/mol. The van der Waals surface area contributed by atoms with E-state index < -0.39 is 0 Å². The summed E-state index contributed by atoms with van der Waals surface area (Å²) in [5.41, 5.74) is 1.94. The van der Waals surface area contributed by atoms with E-state index in [1.165, 1.54) is 24.2 Å². The number of hydrogen-bond acceptors (Lipinski definition) is 5. The highest BCUT2D eigenvalue weighted by molar-refractivity contribution is 7.19. The van der Waals surface area contributed by atoms with Crippen LogP contribution >= 0.6 is 11.3 Å². The third-order valence-corrected chi connectivity index (χ3v) is 4.94. The summed E-state index contributed by atoms with van der Waals surface area (Å²) in [5.74, 6) is 0.728. The molecule has 0 aromatic carbocycles. The Bertz CT molecular complexity index is 685. The highest BCUT2D eigenvalue weighted by Gasteiger charge is 2.22. The van der Waals surface area contributed by atoms with E-state index >= 15 is 0 Å². The third-order valence-electron chi connectivity index (χ3n) is 3.82. The molecule has 7 heteroatoms. The van der Waals surface area contributed by atoms with Crippen molar-refractivity contribution in [3.05, 3.63) is 30.2 Å². The van der Waals surface area contributed by atoms with Crippen molar-refractivity contribution in [2.75, 3.05) is 18.5 Å². The lowest BCUT2D eigenvalue weighted by molar-refractivity contribution is 0.0601. The minimum absolute atomic E-state index is 0.0155. The summed E-state index contributed by atoms with van der Waals surface area (Å²) in [5, 5.41) is 6.20. The average molecular weight is 346 g/mol. The number of aryl methyl sites for hydroxylation is 1. The van der Waals surface area contributed by atoms with E-state index in [1.54, 1.807) is 12.4 Å². The lowest BCUT2D eigenvalue weighted by Gasteiger charge is -2.13. The average Bonchev–Trinajstić information content (AvgIpc) is 3.34. The quantitative estimate of drug-likeness (QED) is 0.805. The van der Waals surface area contributed by atoms with Crippen LogP contribution in [0.15, 0.2) is 24.5 Å². The number of thiazole rings is 1. The molecule has 0 spiro atoms. The van der Waals surface area contributed by atoms with E-state index in [9.17, 15) is 4.79 Å². The highest BCUT2D eigenvalue weighted by atomic mass is 32.1. The summed E-state index contributed by atoms with van der Waals surface area (Å²) < 4.78 is 5.69.